The fourth-order valence-electron chi connectivity index (χ4n) is 1.99. The number of aromatic nitrogens is 4. The molecule has 0 spiro atoms. The Balaban J connectivity index is 1.78. The van der Waals surface area contributed by atoms with Crippen LogP contribution in [0.5, 0.6) is 0 Å². The van der Waals surface area contributed by atoms with Gasteiger partial charge in [0.2, 0.25) is 0 Å². The Morgan fingerprint density at radius 2 is 2.32 bits per heavy atom. The average Bonchev–Trinajstić information content (AvgIpc) is 3.19. The Kier molecular flexibility index (Phi) is 2.73. The number of nitrogen functional groups attached to an aromatic ring is 1. The van der Waals surface area contributed by atoms with Gasteiger partial charge in [-0.15, -0.1) is 0 Å². The maximum Gasteiger partial charge on any atom is 0.293 e. The number of rotatable bonds is 4. The Morgan fingerprint density at radius 3 is 2.95 bits per heavy atom. The van der Waals surface area contributed by atoms with Crippen LogP contribution in [-0.2, 0) is 13.6 Å². The summed E-state index contributed by atoms with van der Waals surface area (Å²) in [4.78, 5) is 16.2. The Morgan fingerprint density at radius 1 is 1.53 bits per heavy atom. The van der Waals surface area contributed by atoms with Gasteiger partial charge in [-0.3, -0.25) is 9.48 Å². The van der Waals surface area contributed by atoms with Gasteiger partial charge in [-0.2, -0.15) is 5.10 Å². The molecule has 0 bridgehead atoms. The molecular weight excluding hydrogens is 244 g/mol. The molecule has 0 unspecified atom stereocenters. The highest BCUT2D eigenvalue weighted by atomic mass is 16.1. The van der Waals surface area contributed by atoms with Gasteiger partial charge in [0.1, 0.15) is 5.82 Å². The fourth-order valence-corrected chi connectivity index (χ4v) is 1.99. The molecule has 2 heterocycles. The molecule has 2 aromatic rings. The molecule has 0 aromatic carbocycles. The molecule has 7 nitrogen and oxygen atoms in total. The van der Waals surface area contributed by atoms with E-state index < -0.39 is 0 Å². The number of anilines is 2. The zero-order chi connectivity index (χ0) is 13.4. The highest BCUT2D eigenvalue weighted by Crippen LogP contribution is 2.33. The van der Waals surface area contributed by atoms with E-state index in [0.29, 0.717) is 24.2 Å². The topological polar surface area (TPSA) is 90.8 Å². The van der Waals surface area contributed by atoms with Gasteiger partial charge in [0, 0.05) is 37.6 Å². The number of aryl methyl sites for hydroxylation is 1. The smallest absolute Gasteiger partial charge is 0.293 e. The molecule has 1 fully saturated rings. The van der Waals surface area contributed by atoms with Crippen molar-refractivity contribution in [3.63, 3.8) is 0 Å². The minimum atomic E-state index is -0.0764. The van der Waals surface area contributed by atoms with Crippen LogP contribution in [0.2, 0.25) is 0 Å². The summed E-state index contributed by atoms with van der Waals surface area (Å²) in [6.45, 7) is 0.441. The van der Waals surface area contributed by atoms with Crippen molar-refractivity contribution < 1.29 is 0 Å². The third-order valence-electron chi connectivity index (χ3n) is 3.32. The Bertz CT molecular complexity index is 654. The molecule has 2 aromatic heterocycles. The standard InChI is InChI=1S/C12H16N6O/c1-17-10(13)8(7-16-17)6-15-11-12(19)18(5-4-14-11)9-2-3-9/h4-5,7,9H,2-3,6,13H2,1H3,(H,14,15). The molecular formula is C12H16N6O. The van der Waals surface area contributed by atoms with Crippen LogP contribution in [0.1, 0.15) is 24.4 Å². The maximum absolute atomic E-state index is 12.1. The van der Waals surface area contributed by atoms with Crippen molar-refractivity contribution in [2.24, 2.45) is 7.05 Å². The van der Waals surface area contributed by atoms with Crippen molar-refractivity contribution in [3.05, 3.63) is 34.5 Å². The van der Waals surface area contributed by atoms with Crippen molar-refractivity contribution in [2.45, 2.75) is 25.4 Å². The first-order valence-corrected chi connectivity index (χ1v) is 6.24. The van der Waals surface area contributed by atoms with E-state index in [1.54, 1.807) is 34.9 Å². The molecule has 1 saturated carbocycles. The van der Waals surface area contributed by atoms with Crippen LogP contribution in [0, 0.1) is 0 Å². The van der Waals surface area contributed by atoms with Gasteiger partial charge in [-0.25, -0.2) is 4.98 Å². The van der Waals surface area contributed by atoms with Crippen molar-refractivity contribution in [3.8, 4) is 0 Å². The molecule has 1 aliphatic rings. The summed E-state index contributed by atoms with van der Waals surface area (Å²) in [5.74, 6) is 0.948. The first-order valence-electron chi connectivity index (χ1n) is 6.24. The van der Waals surface area contributed by atoms with E-state index in [2.05, 4.69) is 15.4 Å². The first-order chi connectivity index (χ1) is 9.16. The Hall–Kier alpha value is -2.31. The van der Waals surface area contributed by atoms with Gasteiger partial charge < -0.3 is 15.6 Å². The second kappa shape index (κ2) is 4.42. The lowest BCUT2D eigenvalue weighted by Gasteiger charge is -2.07. The molecule has 0 saturated heterocycles. The van der Waals surface area contributed by atoms with E-state index in [1.807, 2.05) is 0 Å². The lowest BCUT2D eigenvalue weighted by atomic mass is 10.3. The van der Waals surface area contributed by atoms with E-state index in [-0.39, 0.29) is 5.56 Å². The second-order valence-corrected chi connectivity index (χ2v) is 4.75. The quantitative estimate of drug-likeness (QED) is 0.835. The molecule has 19 heavy (non-hydrogen) atoms. The molecule has 0 aliphatic heterocycles. The van der Waals surface area contributed by atoms with Crippen molar-refractivity contribution in [1.29, 1.82) is 0 Å². The average molecular weight is 260 g/mol. The van der Waals surface area contributed by atoms with Crippen molar-refractivity contribution in [1.82, 2.24) is 19.3 Å². The molecule has 100 valence electrons. The lowest BCUT2D eigenvalue weighted by molar-refractivity contribution is 0.699. The van der Waals surface area contributed by atoms with Gasteiger partial charge in [-0.05, 0) is 12.8 Å². The van der Waals surface area contributed by atoms with Crippen molar-refractivity contribution in [2.75, 3.05) is 11.1 Å². The van der Waals surface area contributed by atoms with E-state index in [1.165, 1.54) is 0 Å². The monoisotopic (exact) mass is 260 g/mol. The summed E-state index contributed by atoms with van der Waals surface area (Å²) in [5, 5.41) is 7.08. The van der Waals surface area contributed by atoms with Gasteiger partial charge >= 0.3 is 0 Å². The second-order valence-electron chi connectivity index (χ2n) is 4.75. The zero-order valence-electron chi connectivity index (χ0n) is 10.7. The summed E-state index contributed by atoms with van der Waals surface area (Å²) >= 11 is 0. The molecule has 0 radical (unpaired) electrons. The number of nitrogens with two attached hydrogens (primary N) is 1. The van der Waals surface area contributed by atoms with Crippen LogP contribution in [0.4, 0.5) is 11.6 Å². The van der Waals surface area contributed by atoms with Gasteiger partial charge in [0.25, 0.3) is 5.56 Å². The van der Waals surface area contributed by atoms with Gasteiger partial charge in [0.05, 0.1) is 6.20 Å². The van der Waals surface area contributed by atoms with E-state index in [4.69, 9.17) is 5.73 Å². The van der Waals surface area contributed by atoms with E-state index in [9.17, 15) is 4.79 Å². The predicted octanol–water partition coefficient (Wildman–Crippen LogP) is 0.506. The summed E-state index contributed by atoms with van der Waals surface area (Å²) in [6.07, 6.45) is 7.21. The molecule has 0 atom stereocenters. The fraction of sp³-hybridized carbons (Fsp3) is 0.417. The largest absolute Gasteiger partial charge is 0.384 e. The summed E-state index contributed by atoms with van der Waals surface area (Å²) < 4.78 is 3.33. The number of nitrogens with one attached hydrogen (secondary N) is 1. The van der Waals surface area contributed by atoms with Crippen molar-refractivity contribution >= 4 is 11.6 Å². The van der Waals surface area contributed by atoms with Gasteiger partial charge in [-0.1, -0.05) is 0 Å². The maximum atomic E-state index is 12.1. The zero-order valence-corrected chi connectivity index (χ0v) is 10.7. The van der Waals surface area contributed by atoms with Crippen LogP contribution < -0.4 is 16.6 Å². The van der Waals surface area contributed by atoms with Crippen LogP contribution in [0.3, 0.4) is 0 Å². The minimum absolute atomic E-state index is 0.0764. The Labute approximate surface area is 110 Å². The van der Waals surface area contributed by atoms with E-state index in [0.717, 1.165) is 18.4 Å². The molecule has 3 rings (SSSR count). The van der Waals surface area contributed by atoms with Crippen LogP contribution in [0.15, 0.2) is 23.4 Å². The van der Waals surface area contributed by atoms with Crippen LogP contribution in [-0.4, -0.2) is 19.3 Å². The first kappa shape index (κ1) is 11.8. The summed E-state index contributed by atoms with van der Waals surface area (Å²) in [5.41, 5.74) is 6.63. The molecule has 1 aliphatic carbocycles. The number of nitrogens with zero attached hydrogens (tertiary/aromatic N) is 4. The molecule has 3 N–H and O–H groups in total. The molecule has 0 amide bonds. The number of hydrogen-bond acceptors (Lipinski definition) is 5. The van der Waals surface area contributed by atoms with Crippen LogP contribution >= 0.6 is 0 Å². The van der Waals surface area contributed by atoms with Gasteiger partial charge in [0.15, 0.2) is 5.82 Å². The third kappa shape index (κ3) is 2.18. The third-order valence-corrected chi connectivity index (χ3v) is 3.32. The molecule has 7 heteroatoms. The number of hydrogen-bond donors (Lipinski definition) is 2. The normalized spacial score (nSPS) is 14.6. The predicted molar refractivity (Wildman–Crippen MR) is 71.7 cm³/mol. The van der Waals surface area contributed by atoms with Crippen LogP contribution in [0.25, 0.3) is 0 Å². The minimum Gasteiger partial charge on any atom is -0.384 e. The summed E-state index contributed by atoms with van der Waals surface area (Å²) in [7, 11) is 1.78. The highest BCUT2D eigenvalue weighted by molar-refractivity contribution is 5.42. The summed E-state index contributed by atoms with van der Waals surface area (Å²) in [6, 6.07) is 0.347. The van der Waals surface area contributed by atoms with E-state index >= 15 is 0 Å². The lowest BCUT2D eigenvalue weighted by Crippen LogP contribution is -2.23. The highest BCUT2D eigenvalue weighted by Gasteiger charge is 2.25. The SMILES string of the molecule is Cn1ncc(CNc2nccn(C3CC3)c2=O)c1N.